The molecule has 0 bridgehead atoms. The van der Waals surface area contributed by atoms with Crippen molar-refractivity contribution in [1.29, 1.82) is 0 Å². The standard InChI is InChI=1S/C13H22N2O3S2/c1-3-4-14-10-12-9-13(11(2)19-12)20(16,17)15-5-7-18-8-6-15/h9,14H,3-8,10H2,1-2H3. The van der Waals surface area contributed by atoms with Gasteiger partial charge in [0.25, 0.3) is 0 Å². The van der Waals surface area contributed by atoms with Gasteiger partial charge in [-0.15, -0.1) is 11.3 Å². The van der Waals surface area contributed by atoms with Gasteiger partial charge in [-0.05, 0) is 26.0 Å². The summed E-state index contributed by atoms with van der Waals surface area (Å²) < 4.78 is 32.0. The Morgan fingerprint density at radius 2 is 2.10 bits per heavy atom. The van der Waals surface area contributed by atoms with Crippen LogP contribution in [0.1, 0.15) is 23.1 Å². The van der Waals surface area contributed by atoms with Crippen LogP contribution in [0.4, 0.5) is 0 Å². The Balaban J connectivity index is 2.14. The molecule has 1 aromatic heterocycles. The minimum atomic E-state index is -3.37. The van der Waals surface area contributed by atoms with Gasteiger partial charge in [-0.1, -0.05) is 6.92 Å². The molecule has 1 fully saturated rings. The van der Waals surface area contributed by atoms with E-state index >= 15 is 0 Å². The van der Waals surface area contributed by atoms with Crippen LogP contribution in [0.25, 0.3) is 0 Å². The van der Waals surface area contributed by atoms with Crippen LogP contribution in [0.3, 0.4) is 0 Å². The van der Waals surface area contributed by atoms with Crippen LogP contribution in [-0.4, -0.2) is 45.6 Å². The summed E-state index contributed by atoms with van der Waals surface area (Å²) in [4.78, 5) is 2.39. The highest BCUT2D eigenvalue weighted by atomic mass is 32.2. The first-order chi connectivity index (χ1) is 9.55. The highest BCUT2D eigenvalue weighted by Gasteiger charge is 2.28. The number of nitrogens with one attached hydrogen (secondary N) is 1. The van der Waals surface area contributed by atoms with Crippen LogP contribution in [0.15, 0.2) is 11.0 Å². The molecule has 0 radical (unpaired) electrons. The van der Waals surface area contributed by atoms with Crippen LogP contribution < -0.4 is 5.32 Å². The predicted octanol–water partition coefficient (Wildman–Crippen LogP) is 1.58. The van der Waals surface area contributed by atoms with Crippen molar-refractivity contribution in [2.75, 3.05) is 32.8 Å². The monoisotopic (exact) mass is 318 g/mol. The first kappa shape index (κ1) is 15.9. The van der Waals surface area contributed by atoms with Crippen molar-refractivity contribution in [3.63, 3.8) is 0 Å². The van der Waals surface area contributed by atoms with Crippen molar-refractivity contribution in [3.05, 3.63) is 15.8 Å². The highest BCUT2D eigenvalue weighted by molar-refractivity contribution is 7.89. The molecule has 7 heteroatoms. The Labute approximate surface area is 125 Å². The molecule has 0 aliphatic carbocycles. The predicted molar refractivity (Wildman–Crippen MR) is 80.6 cm³/mol. The molecule has 5 nitrogen and oxygen atoms in total. The molecule has 0 saturated carbocycles. The zero-order valence-corrected chi connectivity index (χ0v) is 13.6. The quantitative estimate of drug-likeness (QED) is 0.809. The fraction of sp³-hybridized carbons (Fsp3) is 0.692. The number of hydrogen-bond acceptors (Lipinski definition) is 5. The zero-order valence-electron chi connectivity index (χ0n) is 12.0. The van der Waals surface area contributed by atoms with E-state index in [0.29, 0.717) is 31.2 Å². The smallest absolute Gasteiger partial charge is 0.244 e. The summed E-state index contributed by atoms with van der Waals surface area (Å²) >= 11 is 1.56. The lowest BCUT2D eigenvalue weighted by molar-refractivity contribution is 0.0730. The van der Waals surface area contributed by atoms with E-state index in [-0.39, 0.29) is 0 Å². The molecule has 1 saturated heterocycles. The average Bonchev–Trinajstić information content (AvgIpc) is 2.82. The molecule has 1 N–H and O–H groups in total. The van der Waals surface area contributed by atoms with Crippen LogP contribution >= 0.6 is 11.3 Å². The summed E-state index contributed by atoms with van der Waals surface area (Å²) in [7, 11) is -3.37. The average molecular weight is 318 g/mol. The number of ether oxygens (including phenoxy) is 1. The summed E-state index contributed by atoms with van der Waals surface area (Å²) in [6.07, 6.45) is 1.07. The normalized spacial score (nSPS) is 17.5. The minimum Gasteiger partial charge on any atom is -0.379 e. The van der Waals surface area contributed by atoms with Crippen LogP contribution in [-0.2, 0) is 21.3 Å². The van der Waals surface area contributed by atoms with Gasteiger partial charge in [0, 0.05) is 29.4 Å². The van der Waals surface area contributed by atoms with Crippen molar-refractivity contribution in [2.24, 2.45) is 0 Å². The minimum absolute atomic E-state index is 0.445. The number of thiophene rings is 1. The summed E-state index contributed by atoms with van der Waals surface area (Å²) in [6.45, 7) is 7.52. The van der Waals surface area contributed by atoms with Crippen molar-refractivity contribution in [3.8, 4) is 0 Å². The Kier molecular flexibility index (Phi) is 5.57. The van der Waals surface area contributed by atoms with E-state index in [4.69, 9.17) is 4.74 Å². The lowest BCUT2D eigenvalue weighted by Crippen LogP contribution is -2.40. The lowest BCUT2D eigenvalue weighted by Gasteiger charge is -2.25. The van der Waals surface area contributed by atoms with Crippen molar-refractivity contribution in [2.45, 2.75) is 31.7 Å². The molecule has 2 rings (SSSR count). The third-order valence-electron chi connectivity index (χ3n) is 3.24. The van der Waals surface area contributed by atoms with Gasteiger partial charge in [0.2, 0.25) is 10.0 Å². The number of aryl methyl sites for hydroxylation is 1. The molecule has 0 unspecified atom stereocenters. The van der Waals surface area contributed by atoms with Crippen molar-refractivity contribution < 1.29 is 13.2 Å². The Morgan fingerprint density at radius 3 is 2.75 bits per heavy atom. The van der Waals surface area contributed by atoms with E-state index in [2.05, 4.69) is 12.2 Å². The third-order valence-corrected chi connectivity index (χ3v) is 6.44. The van der Waals surface area contributed by atoms with Crippen LogP contribution in [0.2, 0.25) is 0 Å². The number of nitrogens with zero attached hydrogens (tertiary/aromatic N) is 1. The largest absolute Gasteiger partial charge is 0.379 e. The molecule has 1 aliphatic rings. The Morgan fingerprint density at radius 1 is 1.40 bits per heavy atom. The summed E-state index contributed by atoms with van der Waals surface area (Å²) in [5.41, 5.74) is 0. The second-order valence-corrected chi connectivity index (χ2v) is 8.07. The molecular weight excluding hydrogens is 296 g/mol. The first-order valence-corrected chi connectivity index (χ1v) is 9.19. The van der Waals surface area contributed by atoms with Gasteiger partial charge in [-0.3, -0.25) is 0 Å². The molecule has 0 aromatic carbocycles. The maximum Gasteiger partial charge on any atom is 0.244 e. The molecule has 20 heavy (non-hydrogen) atoms. The fourth-order valence-corrected chi connectivity index (χ4v) is 5.16. The number of sulfonamides is 1. The molecular formula is C13H22N2O3S2. The maximum absolute atomic E-state index is 12.6. The number of morpholine rings is 1. The number of hydrogen-bond donors (Lipinski definition) is 1. The van der Waals surface area contributed by atoms with Gasteiger partial charge in [0.15, 0.2) is 0 Å². The van der Waals surface area contributed by atoms with Crippen molar-refractivity contribution >= 4 is 21.4 Å². The summed E-state index contributed by atoms with van der Waals surface area (Å²) in [6, 6.07) is 1.81. The molecule has 1 aromatic rings. The van der Waals surface area contributed by atoms with E-state index in [9.17, 15) is 8.42 Å². The van der Waals surface area contributed by atoms with Crippen LogP contribution in [0.5, 0.6) is 0 Å². The van der Waals surface area contributed by atoms with Gasteiger partial charge in [-0.25, -0.2) is 8.42 Å². The van der Waals surface area contributed by atoms with Crippen LogP contribution in [0, 0.1) is 6.92 Å². The van der Waals surface area contributed by atoms with Gasteiger partial charge in [0.1, 0.15) is 0 Å². The number of rotatable bonds is 6. The second kappa shape index (κ2) is 7.00. The first-order valence-electron chi connectivity index (χ1n) is 6.93. The summed E-state index contributed by atoms with van der Waals surface area (Å²) in [5.74, 6) is 0. The van der Waals surface area contributed by atoms with E-state index in [1.54, 1.807) is 11.3 Å². The molecule has 1 aliphatic heterocycles. The molecule has 0 amide bonds. The van der Waals surface area contributed by atoms with E-state index in [1.165, 1.54) is 4.31 Å². The lowest BCUT2D eigenvalue weighted by atomic mass is 10.4. The SMILES string of the molecule is CCCNCc1cc(S(=O)(=O)N2CCOCC2)c(C)s1. The zero-order chi connectivity index (χ0) is 14.6. The Hall–Kier alpha value is -0.470. The molecule has 114 valence electrons. The molecule has 0 spiro atoms. The van der Waals surface area contributed by atoms with E-state index in [1.807, 2.05) is 13.0 Å². The van der Waals surface area contributed by atoms with E-state index < -0.39 is 10.0 Å². The second-order valence-electron chi connectivity index (χ2n) is 4.83. The van der Waals surface area contributed by atoms with Gasteiger partial charge >= 0.3 is 0 Å². The highest BCUT2D eigenvalue weighted by Crippen LogP contribution is 2.28. The summed E-state index contributed by atoms with van der Waals surface area (Å²) in [5, 5.41) is 3.30. The molecule has 0 atom stereocenters. The van der Waals surface area contributed by atoms with Gasteiger partial charge in [-0.2, -0.15) is 4.31 Å². The topological polar surface area (TPSA) is 58.6 Å². The van der Waals surface area contributed by atoms with Gasteiger partial charge in [0.05, 0.1) is 18.1 Å². The molecule has 2 heterocycles. The Bertz CT molecular complexity index is 534. The maximum atomic E-state index is 12.6. The van der Waals surface area contributed by atoms with Gasteiger partial charge < -0.3 is 10.1 Å². The van der Waals surface area contributed by atoms with Crippen molar-refractivity contribution in [1.82, 2.24) is 9.62 Å². The third kappa shape index (κ3) is 3.59. The van der Waals surface area contributed by atoms with E-state index in [0.717, 1.165) is 29.3 Å². The fourth-order valence-electron chi connectivity index (χ4n) is 2.18.